The van der Waals surface area contributed by atoms with Crippen LogP contribution in [0.1, 0.15) is 12.8 Å². The van der Waals surface area contributed by atoms with Crippen molar-refractivity contribution in [3.63, 3.8) is 0 Å². The first-order valence-electron chi connectivity index (χ1n) is 6.94. The Labute approximate surface area is 129 Å². The minimum Gasteiger partial charge on any atom is -0.482 e. The molecule has 2 atom stereocenters. The molecule has 1 saturated heterocycles. The first-order valence-corrected chi connectivity index (χ1v) is 6.94. The molecule has 3 N–H and O–H groups in total. The smallest absolute Gasteiger partial charge is 0.422 e. The minimum absolute atomic E-state index is 0.0551. The average molecular weight is 336 g/mol. The first kappa shape index (κ1) is 17.5. The van der Waals surface area contributed by atoms with Crippen LogP contribution in [-0.2, 0) is 9.53 Å². The van der Waals surface area contributed by atoms with E-state index in [-0.39, 0.29) is 18.3 Å². The number of anilines is 1. The van der Waals surface area contributed by atoms with E-state index in [0.29, 0.717) is 12.8 Å². The number of ether oxygens (including phenoxy) is 2. The fourth-order valence-electron chi connectivity index (χ4n) is 2.16. The summed E-state index contributed by atoms with van der Waals surface area (Å²) in [6.07, 6.45) is -4.47. The number of nitrogens with two attached hydrogens (primary N) is 1. The van der Waals surface area contributed by atoms with E-state index in [1.54, 1.807) is 0 Å². The summed E-state index contributed by atoms with van der Waals surface area (Å²) in [5.41, 5.74) is 5.39. The van der Waals surface area contributed by atoms with Crippen molar-refractivity contribution in [1.29, 1.82) is 0 Å². The summed E-state index contributed by atoms with van der Waals surface area (Å²) in [7, 11) is 0. The molecule has 1 aromatic carbocycles. The van der Waals surface area contributed by atoms with Crippen LogP contribution in [0.4, 0.5) is 23.2 Å². The minimum atomic E-state index is -4.57. The Kier molecular flexibility index (Phi) is 5.42. The van der Waals surface area contributed by atoms with Gasteiger partial charge in [-0.3, -0.25) is 4.79 Å². The number of nitrogens with one attached hydrogen (secondary N) is 1. The lowest BCUT2D eigenvalue weighted by molar-refractivity contribution is -0.153. The largest absolute Gasteiger partial charge is 0.482 e. The molecule has 1 heterocycles. The van der Waals surface area contributed by atoms with Crippen molar-refractivity contribution in [3.05, 3.63) is 24.0 Å². The van der Waals surface area contributed by atoms with Crippen molar-refractivity contribution in [2.45, 2.75) is 31.2 Å². The van der Waals surface area contributed by atoms with Crippen LogP contribution in [0.2, 0.25) is 0 Å². The lowest BCUT2D eigenvalue weighted by atomic mass is 10.2. The second-order valence-corrected chi connectivity index (χ2v) is 5.09. The van der Waals surface area contributed by atoms with Gasteiger partial charge in [-0.15, -0.1) is 0 Å². The SMILES string of the molecule is NC[C@H]1CC[C@@H](C(=O)Nc2ccc(F)cc2OCC(F)(F)F)O1. The highest BCUT2D eigenvalue weighted by Crippen LogP contribution is 2.29. The maximum Gasteiger partial charge on any atom is 0.422 e. The molecule has 1 fully saturated rings. The molecule has 0 radical (unpaired) electrons. The van der Waals surface area contributed by atoms with Gasteiger partial charge in [0.05, 0.1) is 11.8 Å². The first-order chi connectivity index (χ1) is 10.8. The number of hydrogen-bond donors (Lipinski definition) is 2. The quantitative estimate of drug-likeness (QED) is 0.809. The number of halogens is 4. The lowest BCUT2D eigenvalue weighted by Crippen LogP contribution is -2.30. The Bertz CT molecular complexity index is 565. The molecule has 0 bridgehead atoms. The molecule has 1 aromatic rings. The van der Waals surface area contributed by atoms with Crippen molar-refractivity contribution in [2.24, 2.45) is 5.73 Å². The van der Waals surface area contributed by atoms with E-state index in [2.05, 4.69) is 10.1 Å². The Balaban J connectivity index is 2.05. The summed E-state index contributed by atoms with van der Waals surface area (Å²) in [5.74, 6) is -1.71. The summed E-state index contributed by atoms with van der Waals surface area (Å²) in [6, 6.07) is 2.92. The Morgan fingerprint density at radius 3 is 2.74 bits per heavy atom. The zero-order valence-corrected chi connectivity index (χ0v) is 12.0. The van der Waals surface area contributed by atoms with E-state index in [1.807, 2.05) is 0 Å². The molecule has 128 valence electrons. The number of amides is 1. The van der Waals surface area contributed by atoms with E-state index < -0.39 is 36.4 Å². The topological polar surface area (TPSA) is 73.6 Å². The summed E-state index contributed by atoms with van der Waals surface area (Å²) >= 11 is 0. The fraction of sp³-hybridized carbons (Fsp3) is 0.500. The van der Waals surface area contributed by atoms with Crippen LogP contribution in [0.25, 0.3) is 0 Å². The third-order valence-corrected chi connectivity index (χ3v) is 3.26. The van der Waals surface area contributed by atoms with Gasteiger partial charge in [-0.1, -0.05) is 0 Å². The van der Waals surface area contributed by atoms with E-state index in [4.69, 9.17) is 10.5 Å². The van der Waals surface area contributed by atoms with E-state index in [1.165, 1.54) is 0 Å². The molecule has 0 saturated carbocycles. The van der Waals surface area contributed by atoms with Gasteiger partial charge in [0.25, 0.3) is 5.91 Å². The Morgan fingerprint density at radius 1 is 1.39 bits per heavy atom. The van der Waals surface area contributed by atoms with Crippen molar-refractivity contribution in [2.75, 3.05) is 18.5 Å². The van der Waals surface area contributed by atoms with Crippen molar-refractivity contribution < 1.29 is 31.8 Å². The maximum atomic E-state index is 13.2. The number of carbonyl (C=O) groups is 1. The van der Waals surface area contributed by atoms with Crippen LogP contribution in [-0.4, -0.2) is 37.4 Å². The van der Waals surface area contributed by atoms with Gasteiger partial charge in [0.15, 0.2) is 6.61 Å². The van der Waals surface area contributed by atoms with Gasteiger partial charge in [-0.2, -0.15) is 13.2 Å². The molecule has 1 aliphatic heterocycles. The Hall–Kier alpha value is -1.87. The standard InChI is InChI=1S/C14H16F4N2O3/c15-8-1-3-10(12(5-8)22-7-14(16,17)18)20-13(21)11-4-2-9(6-19)23-11/h1,3,5,9,11H,2,4,6-7,19H2,(H,20,21)/t9-,11+/m1/s1. The monoisotopic (exact) mass is 336 g/mol. The molecule has 0 aliphatic carbocycles. The second kappa shape index (κ2) is 7.14. The van der Waals surface area contributed by atoms with E-state index in [9.17, 15) is 22.4 Å². The van der Waals surface area contributed by atoms with E-state index >= 15 is 0 Å². The molecule has 5 nitrogen and oxygen atoms in total. The predicted molar refractivity (Wildman–Crippen MR) is 73.5 cm³/mol. The number of carbonyl (C=O) groups excluding carboxylic acids is 1. The van der Waals surface area contributed by atoms with E-state index in [0.717, 1.165) is 18.2 Å². The molecule has 0 aromatic heterocycles. The molecular formula is C14H16F4N2O3. The molecule has 9 heteroatoms. The molecule has 2 rings (SSSR count). The highest BCUT2D eigenvalue weighted by Gasteiger charge is 2.31. The average Bonchev–Trinajstić information content (AvgIpc) is 2.95. The van der Waals surface area contributed by atoms with Gasteiger partial charge in [-0.25, -0.2) is 4.39 Å². The zero-order valence-electron chi connectivity index (χ0n) is 12.0. The third kappa shape index (κ3) is 5.07. The van der Waals surface area contributed by atoms with Gasteiger partial charge < -0.3 is 20.5 Å². The molecule has 1 amide bonds. The van der Waals surface area contributed by atoms with Crippen molar-refractivity contribution >= 4 is 11.6 Å². The highest BCUT2D eigenvalue weighted by molar-refractivity contribution is 5.95. The summed E-state index contributed by atoms with van der Waals surface area (Å²) in [5, 5.41) is 2.40. The molecule has 0 unspecified atom stereocenters. The van der Waals surface area contributed by atoms with Gasteiger partial charge in [-0.05, 0) is 25.0 Å². The van der Waals surface area contributed by atoms with Crippen LogP contribution >= 0.6 is 0 Å². The maximum absolute atomic E-state index is 13.2. The summed E-state index contributed by atoms with van der Waals surface area (Å²) in [6.45, 7) is -1.31. The molecule has 0 spiro atoms. The van der Waals surface area contributed by atoms with Crippen LogP contribution < -0.4 is 15.8 Å². The highest BCUT2D eigenvalue weighted by atomic mass is 19.4. The van der Waals surface area contributed by atoms with Crippen molar-refractivity contribution in [3.8, 4) is 5.75 Å². The number of rotatable bonds is 5. The van der Waals surface area contributed by atoms with Crippen LogP contribution in [0.5, 0.6) is 5.75 Å². The Morgan fingerprint density at radius 2 is 2.13 bits per heavy atom. The number of hydrogen-bond acceptors (Lipinski definition) is 4. The molecular weight excluding hydrogens is 320 g/mol. The van der Waals surface area contributed by atoms with Crippen LogP contribution in [0.15, 0.2) is 18.2 Å². The summed E-state index contributed by atoms with van der Waals surface area (Å²) in [4.78, 5) is 12.1. The number of benzene rings is 1. The normalized spacial score (nSPS) is 21.3. The third-order valence-electron chi connectivity index (χ3n) is 3.26. The van der Waals surface area contributed by atoms with Gasteiger partial charge in [0, 0.05) is 12.6 Å². The van der Waals surface area contributed by atoms with Gasteiger partial charge in [0.2, 0.25) is 0 Å². The lowest BCUT2D eigenvalue weighted by Gasteiger charge is -2.16. The molecule has 23 heavy (non-hydrogen) atoms. The summed E-state index contributed by atoms with van der Waals surface area (Å²) < 4.78 is 59.8. The van der Waals surface area contributed by atoms with Crippen molar-refractivity contribution in [1.82, 2.24) is 0 Å². The predicted octanol–water partition coefficient (Wildman–Crippen LogP) is 2.21. The fourth-order valence-corrected chi connectivity index (χ4v) is 2.16. The van der Waals surface area contributed by atoms with Crippen LogP contribution in [0.3, 0.4) is 0 Å². The molecule has 1 aliphatic rings. The second-order valence-electron chi connectivity index (χ2n) is 5.09. The zero-order chi connectivity index (χ0) is 17.0. The van der Waals surface area contributed by atoms with Gasteiger partial charge >= 0.3 is 6.18 Å². The number of alkyl halides is 3. The van der Waals surface area contributed by atoms with Crippen LogP contribution in [0, 0.1) is 5.82 Å². The van der Waals surface area contributed by atoms with Gasteiger partial charge in [0.1, 0.15) is 17.7 Å².